The predicted octanol–water partition coefficient (Wildman–Crippen LogP) is 6.93. The molecule has 0 amide bonds. The van der Waals surface area contributed by atoms with E-state index < -0.39 is 0 Å². The number of likely N-dealkylation sites (N-methyl/N-ethyl adjacent to an activating group) is 2. The van der Waals surface area contributed by atoms with Crippen molar-refractivity contribution in [3.8, 4) is 40.2 Å². The number of nitrogens with zero attached hydrogens (tertiary/aromatic N) is 2. The van der Waals surface area contributed by atoms with E-state index in [1.54, 1.807) is 33.5 Å². The van der Waals surface area contributed by atoms with Gasteiger partial charge in [0.15, 0.2) is 34.5 Å². The highest BCUT2D eigenvalue weighted by Gasteiger charge is 2.31. The summed E-state index contributed by atoms with van der Waals surface area (Å²) in [7, 11) is 9.07. The van der Waals surface area contributed by atoms with Crippen LogP contribution in [0.15, 0.2) is 73.3 Å². The second kappa shape index (κ2) is 13.0. The van der Waals surface area contributed by atoms with Crippen LogP contribution in [0.2, 0.25) is 0 Å². The van der Waals surface area contributed by atoms with Gasteiger partial charge in [0.2, 0.25) is 0 Å². The summed E-state index contributed by atoms with van der Waals surface area (Å²) in [6.07, 6.45) is 2.57. The van der Waals surface area contributed by atoms with E-state index in [-0.39, 0.29) is 23.6 Å². The molecule has 0 unspecified atom stereocenters. The number of methoxy groups -OCH3 is 3. The molecular weight excluding hydrogens is 580 g/mol. The number of phenols is 2. The molecule has 2 heterocycles. The maximum atomic E-state index is 11.0. The number of rotatable bonds is 9. The van der Waals surface area contributed by atoms with E-state index in [0.717, 1.165) is 60.4 Å². The highest BCUT2D eigenvalue weighted by molar-refractivity contribution is 5.73. The third-order valence-corrected chi connectivity index (χ3v) is 9.43. The molecule has 4 aromatic carbocycles. The highest BCUT2D eigenvalue weighted by atomic mass is 16.5. The minimum Gasteiger partial charge on any atom is -0.504 e. The summed E-state index contributed by atoms with van der Waals surface area (Å²) in [6.45, 7) is 6.24. The minimum absolute atomic E-state index is 0.0167. The van der Waals surface area contributed by atoms with Crippen LogP contribution in [0.1, 0.15) is 45.5 Å². The lowest BCUT2D eigenvalue weighted by atomic mass is 9.85. The predicted molar refractivity (Wildman–Crippen MR) is 180 cm³/mol. The van der Waals surface area contributed by atoms with E-state index in [9.17, 15) is 10.2 Å². The van der Waals surface area contributed by atoms with Crippen LogP contribution >= 0.6 is 0 Å². The highest BCUT2D eigenvalue weighted by Crippen LogP contribution is 2.46. The van der Waals surface area contributed by atoms with Crippen molar-refractivity contribution in [2.75, 3.05) is 48.5 Å². The molecule has 8 heteroatoms. The molecule has 46 heavy (non-hydrogen) atoms. The number of phenolic OH excluding ortho intramolecular Hbond substituents is 2. The molecule has 0 saturated heterocycles. The molecule has 4 aromatic rings. The van der Waals surface area contributed by atoms with Gasteiger partial charge < -0.3 is 29.2 Å². The zero-order valence-electron chi connectivity index (χ0n) is 27.2. The van der Waals surface area contributed by atoms with Crippen LogP contribution in [-0.4, -0.2) is 68.5 Å². The fourth-order valence-corrected chi connectivity index (χ4v) is 6.77. The Kier molecular flexibility index (Phi) is 8.84. The monoisotopic (exact) mass is 622 g/mol. The molecule has 2 N–H and O–H groups in total. The molecule has 2 aliphatic heterocycles. The lowest BCUT2D eigenvalue weighted by Gasteiger charge is -2.36. The molecule has 2 aliphatic rings. The largest absolute Gasteiger partial charge is 0.504 e. The van der Waals surface area contributed by atoms with Gasteiger partial charge in [0.25, 0.3) is 0 Å². The first kappa shape index (κ1) is 31.3. The third-order valence-electron chi connectivity index (χ3n) is 9.43. The van der Waals surface area contributed by atoms with Crippen molar-refractivity contribution in [3.63, 3.8) is 0 Å². The summed E-state index contributed by atoms with van der Waals surface area (Å²) in [5, 5.41) is 21.5. The molecule has 6 rings (SSSR count). The van der Waals surface area contributed by atoms with Gasteiger partial charge in [0.1, 0.15) is 5.75 Å². The van der Waals surface area contributed by atoms with Crippen LogP contribution in [-0.2, 0) is 19.3 Å². The smallest absolute Gasteiger partial charge is 0.169 e. The molecule has 0 fully saturated rings. The summed E-state index contributed by atoms with van der Waals surface area (Å²) < 4.78 is 23.0. The Balaban J connectivity index is 1.32. The normalized spacial score (nSPS) is 17.9. The second-order valence-corrected chi connectivity index (χ2v) is 12.2. The zero-order valence-corrected chi connectivity index (χ0v) is 27.2. The van der Waals surface area contributed by atoms with Crippen molar-refractivity contribution in [2.45, 2.75) is 31.3 Å². The van der Waals surface area contributed by atoms with Crippen molar-refractivity contribution in [2.24, 2.45) is 0 Å². The first-order valence-corrected chi connectivity index (χ1v) is 15.5. The molecule has 0 aliphatic carbocycles. The van der Waals surface area contributed by atoms with Gasteiger partial charge in [0, 0.05) is 19.1 Å². The van der Waals surface area contributed by atoms with Gasteiger partial charge in [-0.2, -0.15) is 0 Å². The molecule has 0 bridgehead atoms. The van der Waals surface area contributed by atoms with Gasteiger partial charge >= 0.3 is 0 Å². The zero-order chi connectivity index (χ0) is 32.5. The Morgan fingerprint density at radius 1 is 0.717 bits per heavy atom. The summed E-state index contributed by atoms with van der Waals surface area (Å²) in [5.41, 5.74) is 7.37. The van der Waals surface area contributed by atoms with Crippen molar-refractivity contribution in [3.05, 3.63) is 107 Å². The lowest BCUT2D eigenvalue weighted by Crippen LogP contribution is -2.33. The van der Waals surface area contributed by atoms with Crippen LogP contribution < -0.4 is 18.9 Å². The molecular formula is C38H42N2O6. The van der Waals surface area contributed by atoms with Gasteiger partial charge in [0.05, 0.1) is 27.4 Å². The fraction of sp³-hybridized carbons (Fsp3) is 0.316. The van der Waals surface area contributed by atoms with Crippen molar-refractivity contribution >= 4 is 5.57 Å². The number of fused-ring (bicyclic) bond motifs is 2. The molecule has 0 aromatic heterocycles. The molecule has 0 radical (unpaired) electrons. The van der Waals surface area contributed by atoms with Gasteiger partial charge in [-0.25, -0.2) is 0 Å². The maximum absolute atomic E-state index is 11.0. The minimum atomic E-state index is -0.175. The number of hydrogen-bond donors (Lipinski definition) is 2. The van der Waals surface area contributed by atoms with E-state index >= 15 is 0 Å². The number of aromatic hydroxyl groups is 2. The third kappa shape index (κ3) is 5.98. The number of ether oxygens (including phenoxy) is 4. The summed E-state index contributed by atoms with van der Waals surface area (Å²) in [4.78, 5) is 4.59. The Morgan fingerprint density at radius 3 is 2.09 bits per heavy atom. The van der Waals surface area contributed by atoms with Crippen molar-refractivity contribution < 1.29 is 29.2 Å². The average Bonchev–Trinajstić information content (AvgIpc) is 3.06. The Morgan fingerprint density at radius 2 is 1.39 bits per heavy atom. The summed E-state index contributed by atoms with van der Waals surface area (Å²) in [5.74, 6) is 2.87. The summed E-state index contributed by atoms with van der Waals surface area (Å²) >= 11 is 0. The first-order chi connectivity index (χ1) is 22.2. The lowest BCUT2D eigenvalue weighted by molar-refractivity contribution is 0.228. The number of hydrogen-bond acceptors (Lipinski definition) is 8. The van der Waals surface area contributed by atoms with Gasteiger partial charge in [-0.1, -0.05) is 24.8 Å². The second-order valence-electron chi connectivity index (χ2n) is 12.2. The molecule has 8 nitrogen and oxygen atoms in total. The molecule has 240 valence electrons. The average molecular weight is 623 g/mol. The van der Waals surface area contributed by atoms with Gasteiger partial charge in [-0.15, -0.1) is 0 Å². The standard InChI is InChI=1S/C38H42N2O6/c1-23(38-30-21-33(42)34(44-5)19-27(30)14-16-40(38)3)25-9-12-32(41)35(18-25)46-37-22-29-26(20-36(37)45-6)13-15-39(2)31(29)17-24-7-10-28(43-4)11-8-24/h7-12,18-22,31,38,41-42H,1,13-17H2,2-6H3/t31-,38-/m1/s1. The quantitative estimate of drug-likeness (QED) is 0.208. The SMILES string of the molecule is C=C(c1ccc(O)c(Oc2cc3c(cc2OC)CCN(C)[C@@H]3Cc2ccc(OC)cc2)c1)[C@@H]1c2cc(O)c(OC)cc2CCN1C. The van der Waals surface area contributed by atoms with Crippen LogP contribution in [0, 0.1) is 0 Å². The topological polar surface area (TPSA) is 83.9 Å². The maximum Gasteiger partial charge on any atom is 0.169 e. The van der Waals surface area contributed by atoms with E-state index in [4.69, 9.17) is 18.9 Å². The van der Waals surface area contributed by atoms with Crippen molar-refractivity contribution in [1.82, 2.24) is 9.80 Å². The number of benzene rings is 4. The molecule has 2 atom stereocenters. The van der Waals surface area contributed by atoms with Crippen LogP contribution in [0.25, 0.3) is 5.57 Å². The van der Waals surface area contributed by atoms with E-state index in [1.807, 2.05) is 30.3 Å². The first-order valence-electron chi connectivity index (χ1n) is 15.5. The van der Waals surface area contributed by atoms with Crippen LogP contribution in [0.3, 0.4) is 0 Å². The Bertz CT molecular complexity index is 1750. The Hall–Kier alpha value is -4.66. The van der Waals surface area contributed by atoms with E-state index in [1.165, 1.54) is 16.7 Å². The Labute approximate surface area is 271 Å². The van der Waals surface area contributed by atoms with Crippen molar-refractivity contribution in [1.29, 1.82) is 0 Å². The van der Waals surface area contributed by atoms with Crippen LogP contribution in [0.4, 0.5) is 0 Å². The van der Waals surface area contributed by atoms with E-state index in [2.05, 4.69) is 54.7 Å². The molecule has 0 saturated carbocycles. The molecule has 0 spiro atoms. The van der Waals surface area contributed by atoms with Gasteiger partial charge in [-0.05, 0) is 121 Å². The summed E-state index contributed by atoms with van der Waals surface area (Å²) in [6, 6.07) is 21.3. The fourth-order valence-electron chi connectivity index (χ4n) is 6.77. The van der Waals surface area contributed by atoms with Gasteiger partial charge in [-0.3, -0.25) is 9.80 Å². The van der Waals surface area contributed by atoms with Crippen LogP contribution in [0.5, 0.6) is 40.2 Å². The van der Waals surface area contributed by atoms with E-state index in [0.29, 0.717) is 23.0 Å².